The van der Waals surface area contributed by atoms with Gasteiger partial charge >= 0.3 is 0 Å². The number of nitrogens with one attached hydrogen (secondary N) is 1. The standard InChI is InChI=1S/C17H22N2S/c1-2-6-16(7-3-1)17(19-9-4-5-10-19)13-18-12-15-8-11-20-14-15/h1-3,6-8,11,14,17-18H,4-5,9-10,12-13H2/t17-/m1/s1. The maximum Gasteiger partial charge on any atom is 0.0472 e. The Morgan fingerprint density at radius 1 is 1.10 bits per heavy atom. The maximum absolute atomic E-state index is 3.63. The van der Waals surface area contributed by atoms with E-state index in [1.807, 2.05) is 0 Å². The summed E-state index contributed by atoms with van der Waals surface area (Å²) in [6.07, 6.45) is 2.68. The highest BCUT2D eigenvalue weighted by Gasteiger charge is 2.22. The molecule has 0 spiro atoms. The van der Waals surface area contributed by atoms with Gasteiger partial charge in [-0.25, -0.2) is 0 Å². The highest BCUT2D eigenvalue weighted by Crippen LogP contribution is 2.24. The highest BCUT2D eigenvalue weighted by atomic mass is 32.1. The fraction of sp³-hybridized carbons (Fsp3) is 0.412. The third kappa shape index (κ3) is 3.48. The number of benzene rings is 1. The molecule has 2 nitrogen and oxygen atoms in total. The molecule has 0 bridgehead atoms. The second kappa shape index (κ2) is 7.02. The normalized spacial score (nSPS) is 17.4. The number of nitrogens with zero attached hydrogens (tertiary/aromatic N) is 1. The van der Waals surface area contributed by atoms with Crippen molar-refractivity contribution in [1.29, 1.82) is 0 Å². The van der Waals surface area contributed by atoms with Crippen molar-refractivity contribution in [3.05, 3.63) is 58.3 Å². The number of hydrogen-bond donors (Lipinski definition) is 1. The van der Waals surface area contributed by atoms with Gasteiger partial charge < -0.3 is 5.32 Å². The van der Waals surface area contributed by atoms with Crippen LogP contribution in [0, 0.1) is 0 Å². The van der Waals surface area contributed by atoms with E-state index >= 15 is 0 Å². The lowest BCUT2D eigenvalue weighted by Crippen LogP contribution is -2.33. The monoisotopic (exact) mass is 286 g/mol. The first kappa shape index (κ1) is 13.8. The molecule has 1 fully saturated rings. The molecule has 1 N–H and O–H groups in total. The van der Waals surface area contributed by atoms with Crippen LogP contribution in [0.1, 0.15) is 30.0 Å². The molecule has 0 saturated carbocycles. The molecule has 0 radical (unpaired) electrons. The molecular formula is C17H22N2S. The van der Waals surface area contributed by atoms with Crippen LogP contribution in [0.25, 0.3) is 0 Å². The van der Waals surface area contributed by atoms with Gasteiger partial charge in [-0.1, -0.05) is 30.3 Å². The number of hydrogen-bond acceptors (Lipinski definition) is 3. The molecule has 3 rings (SSSR count). The van der Waals surface area contributed by atoms with Crippen molar-refractivity contribution >= 4 is 11.3 Å². The molecule has 106 valence electrons. The van der Waals surface area contributed by atoms with Crippen LogP contribution >= 0.6 is 11.3 Å². The summed E-state index contributed by atoms with van der Waals surface area (Å²) < 4.78 is 0. The minimum atomic E-state index is 0.511. The Morgan fingerprint density at radius 3 is 2.60 bits per heavy atom. The summed E-state index contributed by atoms with van der Waals surface area (Å²) in [6.45, 7) is 4.47. The SMILES string of the molecule is c1ccc([C@@H](CNCc2ccsc2)N2CCCC2)cc1. The van der Waals surface area contributed by atoms with E-state index in [4.69, 9.17) is 0 Å². The fourth-order valence-corrected chi connectivity index (χ4v) is 3.60. The van der Waals surface area contributed by atoms with Gasteiger partial charge in [0.25, 0.3) is 0 Å². The van der Waals surface area contributed by atoms with E-state index in [0.717, 1.165) is 13.1 Å². The molecule has 1 aliphatic heterocycles. The molecule has 1 atom stereocenters. The second-order valence-electron chi connectivity index (χ2n) is 5.43. The lowest BCUT2D eigenvalue weighted by Gasteiger charge is -2.28. The average Bonchev–Trinajstić information content (AvgIpc) is 3.18. The summed E-state index contributed by atoms with van der Waals surface area (Å²) in [5.41, 5.74) is 2.83. The summed E-state index contributed by atoms with van der Waals surface area (Å²) in [4.78, 5) is 2.62. The van der Waals surface area contributed by atoms with Crippen molar-refractivity contribution in [3.63, 3.8) is 0 Å². The predicted molar refractivity (Wildman–Crippen MR) is 86.0 cm³/mol. The fourth-order valence-electron chi connectivity index (χ4n) is 2.93. The molecule has 2 heterocycles. The molecule has 0 aliphatic carbocycles. The molecule has 1 saturated heterocycles. The van der Waals surface area contributed by atoms with Crippen LogP contribution in [0.4, 0.5) is 0 Å². The lowest BCUT2D eigenvalue weighted by atomic mass is 10.1. The van der Waals surface area contributed by atoms with Gasteiger partial charge in [0.15, 0.2) is 0 Å². The zero-order chi connectivity index (χ0) is 13.6. The third-order valence-corrected chi connectivity index (χ3v) is 4.74. The Balaban J connectivity index is 1.63. The average molecular weight is 286 g/mol. The van der Waals surface area contributed by atoms with Gasteiger partial charge in [0, 0.05) is 19.1 Å². The second-order valence-corrected chi connectivity index (χ2v) is 6.21. The number of likely N-dealkylation sites (tertiary alicyclic amines) is 1. The van der Waals surface area contributed by atoms with Crippen LogP contribution in [-0.4, -0.2) is 24.5 Å². The molecule has 1 aromatic carbocycles. The Morgan fingerprint density at radius 2 is 1.90 bits per heavy atom. The maximum atomic E-state index is 3.63. The molecule has 0 unspecified atom stereocenters. The third-order valence-electron chi connectivity index (χ3n) is 4.01. The van der Waals surface area contributed by atoms with Crippen molar-refractivity contribution in [1.82, 2.24) is 10.2 Å². The van der Waals surface area contributed by atoms with Crippen LogP contribution in [0.15, 0.2) is 47.2 Å². The Bertz CT molecular complexity index is 489. The van der Waals surface area contributed by atoms with Crippen molar-refractivity contribution < 1.29 is 0 Å². The number of thiophene rings is 1. The first-order valence-corrected chi connectivity index (χ1v) is 8.38. The Hall–Kier alpha value is -1.16. The smallest absolute Gasteiger partial charge is 0.0472 e. The van der Waals surface area contributed by atoms with Crippen molar-refractivity contribution in [2.24, 2.45) is 0 Å². The summed E-state index contributed by atoms with van der Waals surface area (Å²) in [5, 5.41) is 8.00. The van der Waals surface area contributed by atoms with Crippen molar-refractivity contribution in [2.45, 2.75) is 25.4 Å². The van der Waals surface area contributed by atoms with E-state index in [9.17, 15) is 0 Å². The van der Waals surface area contributed by atoms with E-state index in [1.165, 1.54) is 37.1 Å². The van der Waals surface area contributed by atoms with E-state index in [1.54, 1.807) is 11.3 Å². The van der Waals surface area contributed by atoms with Gasteiger partial charge in [-0.15, -0.1) is 0 Å². The summed E-state index contributed by atoms with van der Waals surface area (Å²) in [6, 6.07) is 13.6. The van der Waals surface area contributed by atoms with Crippen molar-refractivity contribution in [3.8, 4) is 0 Å². The quantitative estimate of drug-likeness (QED) is 0.871. The van der Waals surface area contributed by atoms with Crippen LogP contribution in [0.2, 0.25) is 0 Å². The van der Waals surface area contributed by atoms with Gasteiger partial charge in [0.1, 0.15) is 0 Å². The van der Waals surface area contributed by atoms with E-state index in [-0.39, 0.29) is 0 Å². The first-order valence-electron chi connectivity index (χ1n) is 7.44. The largest absolute Gasteiger partial charge is 0.311 e. The van der Waals surface area contributed by atoms with Gasteiger partial charge in [0.2, 0.25) is 0 Å². The highest BCUT2D eigenvalue weighted by molar-refractivity contribution is 7.07. The van der Waals surface area contributed by atoms with Crippen LogP contribution in [0.3, 0.4) is 0 Å². The van der Waals surface area contributed by atoms with E-state index in [0.29, 0.717) is 6.04 Å². The molecule has 20 heavy (non-hydrogen) atoms. The summed E-state index contributed by atoms with van der Waals surface area (Å²) in [5.74, 6) is 0. The Kier molecular flexibility index (Phi) is 4.85. The zero-order valence-corrected chi connectivity index (χ0v) is 12.6. The van der Waals surface area contributed by atoms with E-state index in [2.05, 4.69) is 57.4 Å². The summed E-state index contributed by atoms with van der Waals surface area (Å²) in [7, 11) is 0. The van der Waals surface area contributed by atoms with Crippen LogP contribution < -0.4 is 5.32 Å². The minimum absolute atomic E-state index is 0.511. The molecule has 0 amide bonds. The van der Waals surface area contributed by atoms with Crippen molar-refractivity contribution in [2.75, 3.05) is 19.6 Å². The predicted octanol–water partition coefficient (Wildman–Crippen LogP) is 3.67. The molecule has 1 aliphatic rings. The van der Waals surface area contributed by atoms with Gasteiger partial charge in [-0.2, -0.15) is 11.3 Å². The molecular weight excluding hydrogens is 264 g/mol. The first-order chi connectivity index (χ1) is 9.93. The zero-order valence-electron chi connectivity index (χ0n) is 11.8. The summed E-state index contributed by atoms with van der Waals surface area (Å²) >= 11 is 1.77. The topological polar surface area (TPSA) is 15.3 Å². The molecule has 2 aromatic rings. The van der Waals surface area contributed by atoms with Crippen LogP contribution in [0.5, 0.6) is 0 Å². The van der Waals surface area contributed by atoms with Crippen LogP contribution in [-0.2, 0) is 6.54 Å². The van der Waals surface area contributed by atoms with Gasteiger partial charge in [-0.3, -0.25) is 4.90 Å². The molecule has 3 heteroatoms. The lowest BCUT2D eigenvalue weighted by molar-refractivity contribution is 0.238. The number of rotatable bonds is 6. The van der Waals surface area contributed by atoms with Gasteiger partial charge in [-0.05, 0) is 53.9 Å². The minimum Gasteiger partial charge on any atom is -0.311 e. The van der Waals surface area contributed by atoms with E-state index < -0.39 is 0 Å². The Labute approximate surface area is 125 Å². The molecule has 1 aromatic heterocycles. The van der Waals surface area contributed by atoms with Gasteiger partial charge in [0.05, 0.1) is 0 Å².